The molecule has 3 fully saturated rings. The molecule has 11 heteroatoms. The van der Waals surface area contributed by atoms with Crippen molar-refractivity contribution in [3.8, 4) is 5.69 Å². The fourth-order valence-electron chi connectivity index (χ4n) is 4.80. The van der Waals surface area contributed by atoms with Crippen molar-refractivity contribution < 1.29 is 18.0 Å². The van der Waals surface area contributed by atoms with E-state index in [4.69, 9.17) is 0 Å². The van der Waals surface area contributed by atoms with Crippen LogP contribution in [0.3, 0.4) is 0 Å². The lowest BCUT2D eigenvalue weighted by Gasteiger charge is -2.38. The minimum absolute atomic E-state index is 0.138. The third-order valence-corrected chi connectivity index (χ3v) is 7.57. The number of halogens is 3. The molecule has 1 aromatic carbocycles. The third kappa shape index (κ3) is 4.71. The second-order valence-electron chi connectivity index (χ2n) is 8.65. The highest BCUT2D eigenvalue weighted by Gasteiger charge is 2.38. The maximum Gasteiger partial charge on any atom is 0.435 e. The Labute approximate surface area is 194 Å². The molecule has 0 unspecified atom stereocenters. The first-order chi connectivity index (χ1) is 15.9. The van der Waals surface area contributed by atoms with E-state index in [2.05, 4.69) is 15.3 Å². The van der Waals surface area contributed by atoms with Gasteiger partial charge in [-0.05, 0) is 18.6 Å². The fraction of sp³-hybridized carbons (Fsp3) is 0.545. The topological polar surface area (TPSA) is 56.6 Å². The van der Waals surface area contributed by atoms with Gasteiger partial charge in [0.15, 0.2) is 5.69 Å². The Bertz CT molecular complexity index is 970. The highest BCUT2D eigenvalue weighted by Crippen LogP contribution is 2.33. The monoisotopic (exact) mass is 480 g/mol. The van der Waals surface area contributed by atoms with Crippen molar-refractivity contribution in [1.82, 2.24) is 24.9 Å². The van der Waals surface area contributed by atoms with Crippen LogP contribution in [-0.4, -0.2) is 88.5 Å². The Morgan fingerprint density at radius 1 is 1.09 bits per heavy atom. The van der Waals surface area contributed by atoms with Crippen molar-refractivity contribution in [2.45, 2.75) is 24.7 Å². The summed E-state index contributed by atoms with van der Waals surface area (Å²) < 4.78 is 41.6. The zero-order valence-electron chi connectivity index (χ0n) is 18.2. The van der Waals surface area contributed by atoms with Crippen LogP contribution < -0.4 is 10.2 Å². The molecule has 2 aromatic rings. The molecular formula is C22H27F3N6OS. The van der Waals surface area contributed by atoms with E-state index < -0.39 is 11.9 Å². The van der Waals surface area contributed by atoms with Gasteiger partial charge in [-0.25, -0.2) is 4.68 Å². The summed E-state index contributed by atoms with van der Waals surface area (Å²) in [7, 11) is 0. The molecule has 0 aliphatic carbocycles. The first kappa shape index (κ1) is 22.5. The summed E-state index contributed by atoms with van der Waals surface area (Å²) in [4.78, 5) is 18.9. The number of alkyl halides is 3. The number of nitrogens with zero attached hydrogens (tertiary/aromatic N) is 5. The lowest BCUT2D eigenvalue weighted by atomic mass is 10.1. The van der Waals surface area contributed by atoms with Crippen molar-refractivity contribution in [1.29, 1.82) is 0 Å². The van der Waals surface area contributed by atoms with Gasteiger partial charge in [-0.15, -0.1) is 11.8 Å². The van der Waals surface area contributed by atoms with Gasteiger partial charge in [0.1, 0.15) is 5.82 Å². The number of hydrogen-bond acceptors (Lipinski definition) is 6. The normalized spacial score (nSPS) is 24.6. The number of rotatable bonds is 4. The predicted octanol–water partition coefficient (Wildman–Crippen LogP) is 2.28. The van der Waals surface area contributed by atoms with Crippen LogP contribution in [0.1, 0.15) is 12.1 Å². The molecule has 0 spiro atoms. The first-order valence-electron chi connectivity index (χ1n) is 11.2. The van der Waals surface area contributed by atoms with Crippen LogP contribution >= 0.6 is 11.8 Å². The number of thioether (sulfide) groups is 1. The van der Waals surface area contributed by atoms with Crippen LogP contribution in [-0.2, 0) is 11.0 Å². The molecule has 33 heavy (non-hydrogen) atoms. The van der Waals surface area contributed by atoms with E-state index in [-0.39, 0.29) is 18.0 Å². The van der Waals surface area contributed by atoms with Crippen LogP contribution in [0.15, 0.2) is 36.4 Å². The zero-order chi connectivity index (χ0) is 23.0. The quantitative estimate of drug-likeness (QED) is 0.725. The zero-order valence-corrected chi connectivity index (χ0v) is 19.0. The largest absolute Gasteiger partial charge is 0.435 e. The van der Waals surface area contributed by atoms with Crippen molar-refractivity contribution in [3.63, 3.8) is 0 Å². The summed E-state index contributed by atoms with van der Waals surface area (Å²) in [5.74, 6) is 2.42. The number of aromatic nitrogens is 2. The standard InChI is InChI=1S/C22H27F3N6OS/c23-22(24,25)19-13-20(31(27-19)16-4-2-1-3-5-16)29-8-6-28(7-9-29)17-12-18(26-14-17)21(32)30-10-11-33-15-30/h1-5,13,17-18,26H,6-12,14-15H2/t17-,18-/m0/s1. The highest BCUT2D eigenvalue weighted by atomic mass is 32.2. The van der Waals surface area contributed by atoms with Gasteiger partial charge in [0.25, 0.3) is 0 Å². The number of amides is 1. The van der Waals surface area contributed by atoms with E-state index in [1.807, 2.05) is 15.9 Å². The molecule has 1 amide bonds. The molecule has 0 saturated carbocycles. The summed E-state index contributed by atoms with van der Waals surface area (Å²) in [5, 5.41) is 7.25. The molecule has 1 N–H and O–H groups in total. The molecular weight excluding hydrogens is 453 g/mol. The molecule has 3 aliphatic heterocycles. The Hall–Kier alpha value is -2.24. The average molecular weight is 481 g/mol. The third-order valence-electron chi connectivity index (χ3n) is 6.61. The van der Waals surface area contributed by atoms with E-state index in [0.717, 1.165) is 50.3 Å². The second kappa shape index (κ2) is 9.19. The van der Waals surface area contributed by atoms with Crippen LogP contribution in [0, 0.1) is 0 Å². The van der Waals surface area contributed by atoms with Gasteiger partial charge in [-0.1, -0.05) is 18.2 Å². The number of carbonyl (C=O) groups is 1. The van der Waals surface area contributed by atoms with Crippen molar-refractivity contribution in [2.75, 3.05) is 55.8 Å². The Morgan fingerprint density at radius 3 is 2.52 bits per heavy atom. The predicted molar refractivity (Wildman–Crippen MR) is 122 cm³/mol. The number of benzene rings is 1. The number of anilines is 1. The van der Waals surface area contributed by atoms with E-state index >= 15 is 0 Å². The van der Waals surface area contributed by atoms with Crippen LogP contribution in [0.4, 0.5) is 19.0 Å². The highest BCUT2D eigenvalue weighted by molar-refractivity contribution is 7.99. The van der Waals surface area contributed by atoms with Gasteiger partial charge < -0.3 is 15.1 Å². The molecule has 2 atom stereocenters. The van der Waals surface area contributed by atoms with Crippen LogP contribution in [0.25, 0.3) is 5.69 Å². The summed E-state index contributed by atoms with van der Waals surface area (Å²) >= 11 is 1.78. The van der Waals surface area contributed by atoms with Crippen molar-refractivity contribution >= 4 is 23.5 Å². The average Bonchev–Trinajstić information content (AvgIpc) is 3.60. The summed E-state index contributed by atoms with van der Waals surface area (Å²) in [6.07, 6.45) is -3.72. The van der Waals surface area contributed by atoms with E-state index in [0.29, 0.717) is 24.6 Å². The maximum atomic E-state index is 13.4. The SMILES string of the molecule is O=C([C@@H]1C[C@H](N2CCN(c3cc(C(F)(F)F)nn3-c3ccccc3)CC2)CN1)N1CCSC1. The number of hydrogen-bond donors (Lipinski definition) is 1. The van der Waals surface area contributed by atoms with E-state index in [9.17, 15) is 18.0 Å². The van der Waals surface area contributed by atoms with E-state index in [1.54, 1.807) is 36.0 Å². The Balaban J connectivity index is 1.25. The number of nitrogens with one attached hydrogen (secondary N) is 1. The maximum absolute atomic E-state index is 13.4. The lowest BCUT2D eigenvalue weighted by molar-refractivity contribution is -0.141. The van der Waals surface area contributed by atoms with Gasteiger partial charge in [0.2, 0.25) is 5.91 Å². The molecule has 178 valence electrons. The van der Waals surface area contributed by atoms with E-state index in [1.165, 1.54) is 4.68 Å². The van der Waals surface area contributed by atoms with Gasteiger partial charge in [-0.3, -0.25) is 9.69 Å². The molecule has 3 saturated heterocycles. The van der Waals surface area contributed by atoms with Gasteiger partial charge in [0, 0.05) is 57.1 Å². The molecule has 1 aromatic heterocycles. The van der Waals surface area contributed by atoms with Crippen LogP contribution in [0.2, 0.25) is 0 Å². The molecule has 0 radical (unpaired) electrons. The number of carbonyl (C=O) groups excluding carboxylic acids is 1. The van der Waals surface area contributed by atoms with Gasteiger partial charge >= 0.3 is 6.18 Å². The number of piperazine rings is 1. The van der Waals surface area contributed by atoms with Gasteiger partial charge in [-0.2, -0.15) is 18.3 Å². The number of para-hydroxylation sites is 1. The Kier molecular flexibility index (Phi) is 6.28. The minimum atomic E-state index is -4.50. The summed E-state index contributed by atoms with van der Waals surface area (Å²) in [5.41, 5.74) is -0.281. The minimum Gasteiger partial charge on any atom is -0.354 e. The Morgan fingerprint density at radius 2 is 1.85 bits per heavy atom. The van der Waals surface area contributed by atoms with Crippen molar-refractivity contribution in [3.05, 3.63) is 42.1 Å². The summed E-state index contributed by atoms with van der Waals surface area (Å²) in [6, 6.07) is 10.2. The second-order valence-corrected chi connectivity index (χ2v) is 9.72. The molecule has 4 heterocycles. The van der Waals surface area contributed by atoms with Crippen molar-refractivity contribution in [2.24, 2.45) is 0 Å². The summed E-state index contributed by atoms with van der Waals surface area (Å²) in [6.45, 7) is 4.25. The lowest BCUT2D eigenvalue weighted by Crippen LogP contribution is -2.51. The molecule has 3 aliphatic rings. The first-order valence-corrected chi connectivity index (χ1v) is 12.4. The smallest absolute Gasteiger partial charge is 0.354 e. The molecule has 7 nitrogen and oxygen atoms in total. The molecule has 0 bridgehead atoms. The van der Waals surface area contributed by atoms with Gasteiger partial charge in [0.05, 0.1) is 17.6 Å². The van der Waals surface area contributed by atoms with Crippen LogP contribution in [0.5, 0.6) is 0 Å². The fourth-order valence-corrected chi connectivity index (χ4v) is 5.76. The molecule has 5 rings (SSSR count).